The van der Waals surface area contributed by atoms with Gasteiger partial charge in [0.25, 0.3) is 5.56 Å². The van der Waals surface area contributed by atoms with Gasteiger partial charge in [0.15, 0.2) is 0 Å². The number of aromatic amines is 1. The highest BCUT2D eigenvalue weighted by atomic mass is 32.1. The Bertz CT molecular complexity index is 1280. The first-order chi connectivity index (χ1) is 15.1. The van der Waals surface area contributed by atoms with Crippen molar-refractivity contribution in [2.45, 2.75) is 26.4 Å². The molecule has 1 aliphatic heterocycles. The lowest BCUT2D eigenvalue weighted by atomic mass is 10.1. The quantitative estimate of drug-likeness (QED) is 0.479. The van der Waals surface area contributed by atoms with Crippen molar-refractivity contribution in [3.8, 4) is 22.0 Å². The monoisotopic (exact) mass is 429 g/mol. The number of thiazole rings is 1. The van der Waals surface area contributed by atoms with E-state index in [-0.39, 0.29) is 5.56 Å². The molecule has 31 heavy (non-hydrogen) atoms. The molecule has 0 saturated carbocycles. The van der Waals surface area contributed by atoms with Crippen LogP contribution in [-0.4, -0.2) is 26.4 Å². The number of nitrogens with zero attached hydrogens (tertiary/aromatic N) is 3. The van der Waals surface area contributed by atoms with Crippen LogP contribution in [0.2, 0.25) is 0 Å². The van der Waals surface area contributed by atoms with Crippen LogP contribution < -0.4 is 11.3 Å². The van der Waals surface area contributed by atoms with Gasteiger partial charge in [-0.05, 0) is 31.2 Å². The van der Waals surface area contributed by atoms with Crippen molar-refractivity contribution in [3.05, 3.63) is 86.8 Å². The third kappa shape index (κ3) is 4.02. The summed E-state index contributed by atoms with van der Waals surface area (Å²) >= 11 is 1.73. The fraction of sp³-hybridized carbons (Fsp3) is 0.208. The molecule has 3 heterocycles. The molecule has 0 bridgehead atoms. The molecule has 0 radical (unpaired) electrons. The van der Waals surface area contributed by atoms with Crippen LogP contribution in [0.1, 0.15) is 21.8 Å². The second-order valence-electron chi connectivity index (χ2n) is 7.82. The number of nitrogens with one attached hydrogen (secondary N) is 1. The fourth-order valence-corrected chi connectivity index (χ4v) is 4.99. The van der Waals surface area contributed by atoms with Gasteiger partial charge in [0, 0.05) is 47.7 Å². The average molecular weight is 430 g/mol. The smallest absolute Gasteiger partial charge is 0.255 e. The number of benzene rings is 2. The van der Waals surface area contributed by atoms with Crippen molar-refractivity contribution in [3.63, 3.8) is 0 Å². The van der Waals surface area contributed by atoms with E-state index in [1.54, 1.807) is 11.3 Å². The van der Waals surface area contributed by atoms with Crippen LogP contribution in [0.15, 0.2) is 59.4 Å². The second kappa shape index (κ2) is 8.09. The van der Waals surface area contributed by atoms with Gasteiger partial charge in [0.05, 0.1) is 17.0 Å². The number of nitrogens with two attached hydrogens (primary N) is 1. The van der Waals surface area contributed by atoms with Crippen molar-refractivity contribution in [1.29, 1.82) is 0 Å². The minimum absolute atomic E-state index is 0.0625. The first kappa shape index (κ1) is 19.7. The summed E-state index contributed by atoms with van der Waals surface area (Å²) in [4.78, 5) is 28.8. The second-order valence-corrected chi connectivity index (χ2v) is 8.90. The summed E-state index contributed by atoms with van der Waals surface area (Å²) in [6.45, 7) is 4.30. The van der Waals surface area contributed by atoms with Gasteiger partial charge in [-0.3, -0.25) is 9.69 Å². The normalized spacial score (nSPS) is 13.8. The lowest BCUT2D eigenvalue weighted by molar-refractivity contribution is 0.243. The zero-order chi connectivity index (χ0) is 21.4. The number of fused-ring (bicyclic) bond motifs is 1. The molecule has 0 unspecified atom stereocenters. The van der Waals surface area contributed by atoms with Crippen molar-refractivity contribution >= 4 is 17.0 Å². The third-order valence-corrected chi connectivity index (χ3v) is 6.80. The highest BCUT2D eigenvalue weighted by molar-refractivity contribution is 7.15. The summed E-state index contributed by atoms with van der Waals surface area (Å²) in [6.07, 6.45) is 0.755. The first-order valence-electron chi connectivity index (χ1n) is 10.3. The molecule has 1 aliphatic rings. The lowest BCUT2D eigenvalue weighted by Gasteiger charge is -2.27. The van der Waals surface area contributed by atoms with E-state index in [1.165, 1.54) is 4.88 Å². The van der Waals surface area contributed by atoms with E-state index in [2.05, 4.69) is 28.9 Å². The standard InChI is InChI=1S/C24H23N5OS/c1-15-21(31-24(26-15)17-5-3-2-4-6-17)14-29-12-11-20-19(13-29)23(30)28-22(27-20)16-7-9-18(25)10-8-16/h2-10H,11-14,25H2,1H3,(H,27,28,30). The number of H-pyrrole nitrogens is 1. The molecule has 0 spiro atoms. The maximum absolute atomic E-state index is 12.8. The van der Waals surface area contributed by atoms with Gasteiger partial charge in [-0.1, -0.05) is 30.3 Å². The highest BCUT2D eigenvalue weighted by Gasteiger charge is 2.23. The Labute approximate surface area is 184 Å². The van der Waals surface area contributed by atoms with Crippen LogP contribution in [0.25, 0.3) is 22.0 Å². The molecule has 3 N–H and O–H groups in total. The Balaban J connectivity index is 1.36. The Morgan fingerprint density at radius 2 is 1.84 bits per heavy atom. The summed E-state index contributed by atoms with van der Waals surface area (Å²) < 4.78 is 0. The summed E-state index contributed by atoms with van der Waals surface area (Å²) in [5.74, 6) is 0.600. The summed E-state index contributed by atoms with van der Waals surface area (Å²) in [7, 11) is 0. The van der Waals surface area contributed by atoms with Crippen LogP contribution in [-0.2, 0) is 19.5 Å². The first-order valence-corrected chi connectivity index (χ1v) is 11.1. The highest BCUT2D eigenvalue weighted by Crippen LogP contribution is 2.29. The molecule has 156 valence electrons. The van der Waals surface area contributed by atoms with E-state index in [0.717, 1.165) is 52.6 Å². The van der Waals surface area contributed by atoms with Crippen LogP contribution >= 0.6 is 11.3 Å². The molecular weight excluding hydrogens is 406 g/mol. The molecule has 5 rings (SSSR count). The van der Waals surface area contributed by atoms with Gasteiger partial charge in [0.2, 0.25) is 0 Å². The zero-order valence-corrected chi connectivity index (χ0v) is 18.1. The van der Waals surface area contributed by atoms with Gasteiger partial charge in [0.1, 0.15) is 10.8 Å². The van der Waals surface area contributed by atoms with Crippen molar-refractivity contribution in [2.24, 2.45) is 0 Å². The molecule has 0 amide bonds. The van der Waals surface area contributed by atoms with Crippen LogP contribution in [0.3, 0.4) is 0 Å². The van der Waals surface area contributed by atoms with E-state index < -0.39 is 0 Å². The van der Waals surface area contributed by atoms with Crippen molar-refractivity contribution in [1.82, 2.24) is 19.9 Å². The number of hydrogen-bond acceptors (Lipinski definition) is 6. The molecular formula is C24H23N5OS. The minimum Gasteiger partial charge on any atom is -0.399 e. The summed E-state index contributed by atoms with van der Waals surface area (Å²) in [6, 6.07) is 17.6. The maximum Gasteiger partial charge on any atom is 0.255 e. The number of hydrogen-bond donors (Lipinski definition) is 2. The lowest BCUT2D eigenvalue weighted by Crippen LogP contribution is -2.35. The Kier molecular flexibility index (Phi) is 5.13. The predicted octanol–water partition coefficient (Wildman–Crippen LogP) is 4.01. The topological polar surface area (TPSA) is 87.9 Å². The Morgan fingerprint density at radius 3 is 2.61 bits per heavy atom. The van der Waals surface area contributed by atoms with E-state index in [9.17, 15) is 4.79 Å². The SMILES string of the molecule is Cc1nc(-c2ccccc2)sc1CN1CCc2nc(-c3ccc(N)cc3)[nH]c(=O)c2C1. The van der Waals surface area contributed by atoms with Gasteiger partial charge in [-0.15, -0.1) is 11.3 Å². The molecule has 2 aromatic heterocycles. The van der Waals surface area contributed by atoms with Gasteiger partial charge in [-0.25, -0.2) is 9.97 Å². The minimum atomic E-state index is -0.0625. The molecule has 0 fully saturated rings. The van der Waals surface area contributed by atoms with Crippen LogP contribution in [0, 0.1) is 6.92 Å². The number of aromatic nitrogens is 3. The predicted molar refractivity (Wildman–Crippen MR) is 125 cm³/mol. The Hall–Kier alpha value is -3.29. The van der Waals surface area contributed by atoms with Crippen LogP contribution in [0.4, 0.5) is 5.69 Å². The molecule has 0 atom stereocenters. The third-order valence-electron chi connectivity index (χ3n) is 5.61. The summed E-state index contributed by atoms with van der Waals surface area (Å²) in [5, 5.41) is 1.04. The number of anilines is 1. The van der Waals surface area contributed by atoms with E-state index in [0.29, 0.717) is 18.1 Å². The zero-order valence-electron chi connectivity index (χ0n) is 17.3. The van der Waals surface area contributed by atoms with E-state index in [1.807, 2.05) is 42.5 Å². The summed E-state index contributed by atoms with van der Waals surface area (Å²) in [5.41, 5.74) is 11.1. The van der Waals surface area contributed by atoms with Crippen molar-refractivity contribution < 1.29 is 0 Å². The molecule has 2 aromatic carbocycles. The van der Waals surface area contributed by atoms with E-state index >= 15 is 0 Å². The van der Waals surface area contributed by atoms with Gasteiger partial charge in [-0.2, -0.15) is 0 Å². The maximum atomic E-state index is 12.8. The van der Waals surface area contributed by atoms with Crippen molar-refractivity contribution in [2.75, 3.05) is 12.3 Å². The number of nitrogen functional groups attached to an aromatic ring is 1. The number of aryl methyl sites for hydroxylation is 1. The molecule has 6 nitrogen and oxygen atoms in total. The average Bonchev–Trinajstić information content (AvgIpc) is 3.15. The molecule has 0 saturated heterocycles. The molecule has 7 heteroatoms. The molecule has 4 aromatic rings. The van der Waals surface area contributed by atoms with Gasteiger partial charge >= 0.3 is 0 Å². The van der Waals surface area contributed by atoms with Crippen LogP contribution in [0.5, 0.6) is 0 Å². The molecule has 0 aliphatic carbocycles. The fourth-order valence-electron chi connectivity index (χ4n) is 3.88. The van der Waals surface area contributed by atoms with Gasteiger partial charge < -0.3 is 10.7 Å². The number of rotatable bonds is 4. The van der Waals surface area contributed by atoms with E-state index in [4.69, 9.17) is 15.7 Å². The Morgan fingerprint density at radius 1 is 1.06 bits per heavy atom. The largest absolute Gasteiger partial charge is 0.399 e.